The van der Waals surface area contributed by atoms with Gasteiger partial charge < -0.3 is 9.47 Å². The third kappa shape index (κ3) is 5.24. The number of halogens is 1. The summed E-state index contributed by atoms with van der Waals surface area (Å²) in [5.74, 6) is -0.869. The summed E-state index contributed by atoms with van der Waals surface area (Å²) in [7, 11) is 1.40. The Morgan fingerprint density at radius 2 is 1.81 bits per heavy atom. The van der Waals surface area contributed by atoms with Crippen LogP contribution in [-0.4, -0.2) is 34.0 Å². The molecule has 0 saturated carbocycles. The maximum atomic E-state index is 12.9. The molecule has 1 saturated heterocycles. The number of nitro groups is 1. The highest BCUT2D eigenvalue weighted by Crippen LogP contribution is 2.36. The van der Waals surface area contributed by atoms with Crippen LogP contribution < -0.4 is 9.47 Å². The molecule has 11 heteroatoms. The number of methoxy groups -OCH3 is 1. The summed E-state index contributed by atoms with van der Waals surface area (Å²) < 4.78 is 10.8. The summed E-state index contributed by atoms with van der Waals surface area (Å²) in [6.45, 7) is -0.223. The van der Waals surface area contributed by atoms with Crippen LogP contribution in [0.25, 0.3) is 6.08 Å². The molecule has 1 heterocycles. The van der Waals surface area contributed by atoms with Gasteiger partial charge in [-0.05, 0) is 47.7 Å². The number of para-hydroxylation sites is 1. The Bertz CT molecular complexity index is 1420. The first-order valence-corrected chi connectivity index (χ1v) is 11.6. The van der Waals surface area contributed by atoms with Crippen molar-refractivity contribution in [3.63, 3.8) is 0 Å². The summed E-state index contributed by atoms with van der Waals surface area (Å²) in [5.41, 5.74) is 0.780. The van der Waals surface area contributed by atoms with E-state index in [0.29, 0.717) is 5.56 Å². The van der Waals surface area contributed by atoms with Crippen molar-refractivity contribution in [2.24, 2.45) is 0 Å². The maximum Gasteiger partial charge on any atom is 0.345 e. The molecule has 3 aromatic rings. The van der Waals surface area contributed by atoms with E-state index >= 15 is 0 Å². The first-order valence-electron chi connectivity index (χ1n) is 10.4. The van der Waals surface area contributed by atoms with Gasteiger partial charge in [-0.2, -0.15) is 0 Å². The van der Waals surface area contributed by atoms with Gasteiger partial charge in [0.2, 0.25) is 0 Å². The lowest BCUT2D eigenvalue weighted by atomic mass is 10.1. The standard InChI is InChI=1S/C25H17ClN2O7S/c1-34-21-12-15(10-11-20(21)35-24(30)17-7-3-4-8-18(17)26)13-22-23(29)27(25(31)36-22)14-16-6-2-5-9-19(16)28(32)33/h2-13H,14H2,1H3/b22-13-. The average Bonchev–Trinajstić information content (AvgIpc) is 3.12. The zero-order valence-corrected chi connectivity index (χ0v) is 20.2. The summed E-state index contributed by atoms with van der Waals surface area (Å²) in [6, 6.07) is 17.0. The SMILES string of the molecule is COc1cc(/C=C2\SC(=O)N(Cc3ccccc3[N+](=O)[O-])C2=O)ccc1OC(=O)c1ccccc1Cl. The number of amides is 2. The number of carbonyl (C=O) groups excluding carboxylic acids is 3. The predicted octanol–water partition coefficient (Wildman–Crippen LogP) is 5.71. The van der Waals surface area contributed by atoms with Gasteiger partial charge in [-0.3, -0.25) is 24.6 Å². The lowest BCUT2D eigenvalue weighted by Gasteiger charge is -2.12. The Kier molecular flexibility index (Phi) is 7.37. The molecule has 36 heavy (non-hydrogen) atoms. The van der Waals surface area contributed by atoms with Gasteiger partial charge in [-0.25, -0.2) is 4.79 Å². The number of hydrogen-bond acceptors (Lipinski definition) is 8. The number of ether oxygens (including phenoxy) is 2. The van der Waals surface area contributed by atoms with Crippen molar-refractivity contribution in [1.29, 1.82) is 0 Å². The Hall–Kier alpha value is -4.15. The fraction of sp³-hybridized carbons (Fsp3) is 0.0800. The average molecular weight is 525 g/mol. The van der Waals surface area contributed by atoms with Crippen LogP contribution in [0.3, 0.4) is 0 Å². The molecule has 9 nitrogen and oxygen atoms in total. The molecule has 0 atom stereocenters. The van der Waals surface area contributed by atoms with Crippen molar-refractivity contribution in [3.8, 4) is 11.5 Å². The molecular weight excluding hydrogens is 508 g/mol. The fourth-order valence-corrected chi connectivity index (χ4v) is 4.47. The van der Waals surface area contributed by atoms with Crippen molar-refractivity contribution in [2.45, 2.75) is 6.54 Å². The van der Waals surface area contributed by atoms with Gasteiger partial charge in [0.15, 0.2) is 11.5 Å². The monoisotopic (exact) mass is 524 g/mol. The first kappa shape index (κ1) is 25.0. The number of rotatable bonds is 7. The molecule has 2 amide bonds. The largest absolute Gasteiger partial charge is 0.493 e. The molecule has 0 aliphatic carbocycles. The van der Waals surface area contributed by atoms with Crippen LogP contribution in [-0.2, 0) is 11.3 Å². The highest BCUT2D eigenvalue weighted by atomic mass is 35.5. The van der Waals surface area contributed by atoms with Gasteiger partial charge in [0.1, 0.15) is 0 Å². The van der Waals surface area contributed by atoms with Crippen LogP contribution in [0.4, 0.5) is 10.5 Å². The second-order valence-electron chi connectivity index (χ2n) is 7.43. The van der Waals surface area contributed by atoms with Crippen LogP contribution in [0.1, 0.15) is 21.5 Å². The Labute approximate surface area is 214 Å². The quantitative estimate of drug-likeness (QED) is 0.127. The first-order chi connectivity index (χ1) is 17.3. The van der Waals surface area contributed by atoms with E-state index in [2.05, 4.69) is 0 Å². The lowest BCUT2D eigenvalue weighted by Crippen LogP contribution is -2.27. The third-order valence-corrected chi connectivity index (χ3v) is 6.41. The van der Waals surface area contributed by atoms with Crippen LogP contribution >= 0.6 is 23.4 Å². The number of benzene rings is 3. The van der Waals surface area contributed by atoms with Crippen molar-refractivity contribution < 1.29 is 28.8 Å². The molecule has 0 N–H and O–H groups in total. The van der Waals surface area contributed by atoms with Gasteiger partial charge >= 0.3 is 5.97 Å². The van der Waals surface area contributed by atoms with E-state index in [1.54, 1.807) is 36.4 Å². The summed E-state index contributed by atoms with van der Waals surface area (Å²) in [6.07, 6.45) is 1.49. The molecule has 0 bridgehead atoms. The van der Waals surface area contributed by atoms with E-state index in [9.17, 15) is 24.5 Å². The van der Waals surface area contributed by atoms with E-state index in [1.807, 2.05) is 0 Å². The molecular formula is C25H17ClN2O7S. The number of imide groups is 1. The van der Waals surface area contributed by atoms with Crippen LogP contribution in [0.2, 0.25) is 5.02 Å². The Morgan fingerprint density at radius 3 is 2.53 bits per heavy atom. The second-order valence-corrected chi connectivity index (χ2v) is 8.83. The fourth-order valence-electron chi connectivity index (χ4n) is 3.42. The van der Waals surface area contributed by atoms with E-state index in [4.69, 9.17) is 21.1 Å². The normalized spacial score (nSPS) is 14.3. The predicted molar refractivity (Wildman–Crippen MR) is 134 cm³/mol. The van der Waals surface area contributed by atoms with Crippen molar-refractivity contribution in [2.75, 3.05) is 7.11 Å². The topological polar surface area (TPSA) is 116 Å². The van der Waals surface area contributed by atoms with Gasteiger partial charge in [0.25, 0.3) is 16.8 Å². The van der Waals surface area contributed by atoms with Gasteiger partial charge in [-0.1, -0.05) is 48.0 Å². The van der Waals surface area contributed by atoms with Crippen molar-refractivity contribution in [3.05, 3.63) is 103 Å². The molecule has 1 fully saturated rings. The Morgan fingerprint density at radius 1 is 1.08 bits per heavy atom. The second kappa shape index (κ2) is 10.6. The number of carbonyl (C=O) groups is 3. The lowest BCUT2D eigenvalue weighted by molar-refractivity contribution is -0.385. The zero-order chi connectivity index (χ0) is 25.8. The van der Waals surface area contributed by atoms with Gasteiger partial charge in [0, 0.05) is 11.6 Å². The van der Waals surface area contributed by atoms with Crippen LogP contribution in [0, 0.1) is 10.1 Å². The molecule has 3 aromatic carbocycles. The molecule has 0 aromatic heterocycles. The van der Waals surface area contributed by atoms with Crippen molar-refractivity contribution in [1.82, 2.24) is 4.90 Å². The molecule has 0 spiro atoms. The number of esters is 1. The molecule has 4 rings (SSSR count). The van der Waals surface area contributed by atoms with Gasteiger partial charge in [-0.15, -0.1) is 0 Å². The van der Waals surface area contributed by atoms with E-state index in [1.165, 1.54) is 43.5 Å². The minimum absolute atomic E-state index is 0.140. The number of hydrogen-bond donors (Lipinski definition) is 0. The third-order valence-electron chi connectivity index (χ3n) is 5.17. The minimum Gasteiger partial charge on any atom is -0.493 e. The molecule has 1 aliphatic heterocycles. The minimum atomic E-state index is -0.664. The molecule has 1 aliphatic rings. The van der Waals surface area contributed by atoms with E-state index in [0.717, 1.165) is 16.7 Å². The summed E-state index contributed by atoms with van der Waals surface area (Å²) in [4.78, 5) is 49.7. The highest BCUT2D eigenvalue weighted by Gasteiger charge is 2.36. The number of nitro benzene ring substituents is 1. The highest BCUT2D eigenvalue weighted by molar-refractivity contribution is 8.18. The van der Waals surface area contributed by atoms with Gasteiger partial charge in [0.05, 0.1) is 34.1 Å². The van der Waals surface area contributed by atoms with Crippen LogP contribution in [0.15, 0.2) is 71.6 Å². The zero-order valence-electron chi connectivity index (χ0n) is 18.7. The number of thioether (sulfide) groups is 1. The molecule has 182 valence electrons. The number of nitrogens with zero attached hydrogens (tertiary/aromatic N) is 2. The maximum absolute atomic E-state index is 12.9. The Balaban J connectivity index is 1.54. The van der Waals surface area contributed by atoms with E-state index in [-0.39, 0.29) is 44.8 Å². The summed E-state index contributed by atoms with van der Waals surface area (Å²) in [5, 5.41) is 11.0. The van der Waals surface area contributed by atoms with Crippen molar-refractivity contribution >= 4 is 52.2 Å². The van der Waals surface area contributed by atoms with E-state index < -0.39 is 22.0 Å². The van der Waals surface area contributed by atoms with Crippen LogP contribution in [0.5, 0.6) is 11.5 Å². The summed E-state index contributed by atoms with van der Waals surface area (Å²) >= 11 is 6.78. The smallest absolute Gasteiger partial charge is 0.345 e. The molecule has 0 unspecified atom stereocenters. The molecule has 0 radical (unpaired) electrons.